The van der Waals surface area contributed by atoms with Crippen LogP contribution in [0.5, 0.6) is 0 Å². The summed E-state index contributed by atoms with van der Waals surface area (Å²) in [6.07, 6.45) is 4.18. The Labute approximate surface area is 282 Å². The second-order valence-corrected chi connectivity index (χ2v) is 18.3. The molecule has 3 aromatic carbocycles. The van der Waals surface area contributed by atoms with Gasteiger partial charge in [0.1, 0.15) is 5.76 Å². The van der Waals surface area contributed by atoms with Gasteiger partial charge >= 0.3 is 0 Å². The quantitative estimate of drug-likeness (QED) is 0.305. The highest BCUT2D eigenvalue weighted by molar-refractivity contribution is 7.95. The number of hydrogen-bond donors (Lipinski definition) is 1. The normalized spacial score (nSPS) is 21.5. The maximum atomic E-state index is 15.1. The first-order chi connectivity index (χ1) is 21.6. The average molecular weight is 651 g/mol. The van der Waals surface area contributed by atoms with Crippen molar-refractivity contribution >= 4 is 15.6 Å². The molecule has 5 rings (SSSR count). The van der Waals surface area contributed by atoms with Gasteiger partial charge in [0.15, 0.2) is 5.78 Å². The highest BCUT2D eigenvalue weighted by atomic mass is 32.2. The monoisotopic (exact) mass is 650 g/mol. The summed E-state index contributed by atoms with van der Waals surface area (Å²) in [6, 6.07) is 23.0. The van der Waals surface area contributed by atoms with Gasteiger partial charge < -0.3 is 5.11 Å². The number of carbonyl (C=O) groups excluding carboxylic acids is 1. The minimum Gasteiger partial charge on any atom is -0.511 e. The fraction of sp³-hybridized carbons (Fsp3) is 0.405. The van der Waals surface area contributed by atoms with Gasteiger partial charge in [-0.15, -0.1) is 0 Å². The molecule has 2 aliphatic rings. The smallest absolute Gasteiger partial charge is 0.206 e. The van der Waals surface area contributed by atoms with Crippen molar-refractivity contribution in [2.45, 2.75) is 92.9 Å². The van der Waals surface area contributed by atoms with Crippen LogP contribution in [0.15, 0.2) is 112 Å². The fourth-order valence-electron chi connectivity index (χ4n) is 7.91. The summed E-state index contributed by atoms with van der Waals surface area (Å²) >= 11 is 0. The molecule has 0 heterocycles. The molecule has 0 saturated carbocycles. The molecule has 0 saturated heterocycles. The van der Waals surface area contributed by atoms with E-state index in [2.05, 4.69) is 30.4 Å². The van der Waals surface area contributed by atoms with Crippen LogP contribution in [-0.2, 0) is 14.6 Å². The second kappa shape index (κ2) is 11.5. The van der Waals surface area contributed by atoms with Gasteiger partial charge in [-0.05, 0) is 60.4 Å². The molecule has 0 aliphatic heterocycles. The van der Waals surface area contributed by atoms with E-state index in [1.807, 2.05) is 106 Å². The number of sulfone groups is 1. The summed E-state index contributed by atoms with van der Waals surface area (Å²) < 4.78 is 30.2. The first-order valence-electron chi connectivity index (χ1n) is 16.5. The number of ketones is 1. The molecule has 248 valence electrons. The Morgan fingerprint density at radius 1 is 0.723 bits per heavy atom. The minimum atomic E-state index is -4.24. The van der Waals surface area contributed by atoms with Gasteiger partial charge in [0.25, 0.3) is 0 Å². The maximum absolute atomic E-state index is 15.1. The molecule has 0 unspecified atom stereocenters. The highest BCUT2D eigenvalue weighted by Gasteiger charge is 2.62. The van der Waals surface area contributed by atoms with Crippen LogP contribution >= 0.6 is 0 Å². The molecule has 5 heteroatoms. The Morgan fingerprint density at radius 3 is 1.72 bits per heavy atom. The summed E-state index contributed by atoms with van der Waals surface area (Å²) in [5.74, 6) is -1.42. The van der Waals surface area contributed by atoms with Crippen LogP contribution in [0.1, 0.15) is 95.0 Å². The molecule has 0 fully saturated rings. The zero-order valence-electron chi connectivity index (χ0n) is 29.8. The van der Waals surface area contributed by atoms with Crippen molar-refractivity contribution < 1.29 is 18.3 Å². The molecule has 0 amide bonds. The summed E-state index contributed by atoms with van der Waals surface area (Å²) in [4.78, 5) is 14.6. The Bertz CT molecular complexity index is 1890. The Hall–Kier alpha value is -3.70. The van der Waals surface area contributed by atoms with Crippen molar-refractivity contribution in [2.75, 3.05) is 0 Å². The van der Waals surface area contributed by atoms with Crippen LogP contribution in [0.4, 0.5) is 0 Å². The van der Waals surface area contributed by atoms with Crippen molar-refractivity contribution in [1.82, 2.24) is 0 Å². The van der Waals surface area contributed by atoms with Crippen molar-refractivity contribution in [1.29, 1.82) is 0 Å². The van der Waals surface area contributed by atoms with Gasteiger partial charge in [0, 0.05) is 33.8 Å². The summed E-state index contributed by atoms with van der Waals surface area (Å²) in [5.41, 5.74) is 2.85. The van der Waals surface area contributed by atoms with E-state index in [9.17, 15) is 9.90 Å². The van der Waals surface area contributed by atoms with Crippen molar-refractivity contribution in [3.8, 4) is 0 Å². The molecule has 4 nitrogen and oxygen atoms in total. The van der Waals surface area contributed by atoms with E-state index in [0.29, 0.717) is 11.1 Å². The van der Waals surface area contributed by atoms with E-state index in [-0.39, 0.29) is 21.3 Å². The van der Waals surface area contributed by atoms with Gasteiger partial charge in [-0.2, -0.15) is 0 Å². The van der Waals surface area contributed by atoms with Gasteiger partial charge in [-0.3, -0.25) is 4.79 Å². The molecule has 3 aromatic rings. The first kappa shape index (κ1) is 34.6. The van der Waals surface area contributed by atoms with Crippen LogP contribution in [0, 0.1) is 42.4 Å². The third-order valence-corrected chi connectivity index (χ3v) is 12.1. The molecule has 47 heavy (non-hydrogen) atoms. The van der Waals surface area contributed by atoms with Gasteiger partial charge in [-0.25, -0.2) is 8.42 Å². The third-order valence-electron chi connectivity index (χ3n) is 10.2. The van der Waals surface area contributed by atoms with Crippen LogP contribution in [-0.4, -0.2) is 19.3 Å². The largest absolute Gasteiger partial charge is 0.511 e. The van der Waals surface area contributed by atoms with E-state index in [1.165, 1.54) is 0 Å². The van der Waals surface area contributed by atoms with Gasteiger partial charge in [-0.1, -0.05) is 139 Å². The number of aliphatic hydroxyl groups excluding tert-OH is 1. The number of aryl methyl sites for hydroxylation is 3. The summed E-state index contributed by atoms with van der Waals surface area (Å²) in [5, 5.41) is 12.6. The fourth-order valence-corrected chi connectivity index (χ4v) is 9.82. The number of aliphatic hydroxyl groups is 1. The van der Waals surface area contributed by atoms with E-state index in [1.54, 1.807) is 24.3 Å². The number of benzene rings is 3. The molecule has 1 N–H and O–H groups in total. The van der Waals surface area contributed by atoms with E-state index in [0.717, 1.165) is 27.8 Å². The Balaban J connectivity index is 2.08. The van der Waals surface area contributed by atoms with Crippen LogP contribution in [0.2, 0.25) is 0 Å². The number of hydrogen-bond acceptors (Lipinski definition) is 4. The van der Waals surface area contributed by atoms with E-state index < -0.39 is 43.3 Å². The van der Waals surface area contributed by atoms with Crippen molar-refractivity contribution in [3.05, 3.63) is 135 Å². The molecule has 0 bridgehead atoms. The lowest BCUT2D eigenvalue weighted by Gasteiger charge is -2.56. The lowest BCUT2D eigenvalue weighted by atomic mass is 9.47. The topological polar surface area (TPSA) is 71.4 Å². The number of carbonyl (C=O) groups is 1. The van der Waals surface area contributed by atoms with Crippen molar-refractivity contribution in [2.24, 2.45) is 21.7 Å². The standard InChI is InChI=1S/C42H50O4S/c1-26-17-20-30(21-18-26)47(45,46)36-34(31-22-19-27(2)23-28(31)3)42(37(41(10,11)38(36)44)29-15-13-12-14-16-29)24-32(39(4,5)6)35(43)33(25-42)40(7,8)9/h12-25,34,37,44H,1-11H3/t34-,37-/m0/s1. The molecular formula is C42H50O4S. The molecular weight excluding hydrogens is 601 g/mol. The Kier molecular flexibility index (Phi) is 8.45. The zero-order chi connectivity index (χ0) is 34.9. The molecule has 2 aliphatic carbocycles. The van der Waals surface area contributed by atoms with Crippen LogP contribution in [0.3, 0.4) is 0 Å². The average Bonchev–Trinajstić information content (AvgIpc) is 2.96. The van der Waals surface area contributed by atoms with Gasteiger partial charge in [0.05, 0.1) is 9.80 Å². The Morgan fingerprint density at radius 2 is 1.23 bits per heavy atom. The van der Waals surface area contributed by atoms with E-state index in [4.69, 9.17) is 0 Å². The number of rotatable bonds is 4. The molecule has 0 radical (unpaired) electrons. The summed E-state index contributed by atoms with van der Waals surface area (Å²) in [6.45, 7) is 22.1. The predicted molar refractivity (Wildman–Crippen MR) is 192 cm³/mol. The number of Topliss-reactive ketones (excluding diaryl/α,β-unsaturated/α-hetero) is 1. The number of allylic oxidation sites excluding steroid dienone is 6. The maximum Gasteiger partial charge on any atom is 0.206 e. The minimum absolute atomic E-state index is 0.00569. The molecule has 2 atom stereocenters. The SMILES string of the molecule is Cc1ccc(S(=O)(=O)C2=C(O)C(C)(C)[C@H](c3ccccc3)C3(C=C(C(C)(C)C)C(=O)C(C(C)(C)C)=C3)[C@H]2c2ccc(C)cc2C)cc1. The lowest BCUT2D eigenvalue weighted by molar-refractivity contribution is -0.114. The molecule has 0 aromatic heterocycles. The second-order valence-electron chi connectivity index (χ2n) is 16.3. The summed E-state index contributed by atoms with van der Waals surface area (Å²) in [7, 11) is -4.24. The zero-order valence-corrected chi connectivity index (χ0v) is 30.6. The van der Waals surface area contributed by atoms with E-state index >= 15 is 8.42 Å². The lowest BCUT2D eigenvalue weighted by Crippen LogP contribution is -2.50. The third kappa shape index (κ3) is 5.75. The van der Waals surface area contributed by atoms with Gasteiger partial charge in [0.2, 0.25) is 9.84 Å². The van der Waals surface area contributed by atoms with Crippen LogP contribution < -0.4 is 0 Å². The first-order valence-corrected chi connectivity index (χ1v) is 18.0. The van der Waals surface area contributed by atoms with Crippen LogP contribution in [0.25, 0.3) is 0 Å². The van der Waals surface area contributed by atoms with Crippen molar-refractivity contribution in [3.63, 3.8) is 0 Å². The highest BCUT2D eigenvalue weighted by Crippen LogP contribution is 2.68. The molecule has 1 spiro atoms. The predicted octanol–water partition coefficient (Wildman–Crippen LogP) is 10.3.